The van der Waals surface area contributed by atoms with Crippen LogP contribution in [0.15, 0.2) is 36.5 Å². The Morgan fingerprint density at radius 3 is 2.17 bits per heavy atom. The van der Waals surface area contributed by atoms with E-state index in [1.165, 1.54) is 76.2 Å². The molecule has 23 heavy (non-hydrogen) atoms. The number of hydrogen-bond donors (Lipinski definition) is 0. The fourth-order valence-corrected chi connectivity index (χ4v) is 3.45. The highest BCUT2D eigenvalue weighted by Crippen LogP contribution is 2.34. The summed E-state index contributed by atoms with van der Waals surface area (Å²) in [6.45, 7) is 17.1. The standard InChI is InChI=1S/C23H42/c1-7-9-11-13-14-16-18-22(17-15-12-10-8-2)20-23(5,6)19-21(3)4/h7,17H,1,3,8-16,18-20H2,2,4-6H3. The number of hydrogen-bond acceptors (Lipinski definition) is 0. The van der Waals surface area contributed by atoms with Gasteiger partial charge in [-0.3, -0.25) is 0 Å². The molecule has 0 fully saturated rings. The molecule has 0 N–H and O–H groups in total. The Morgan fingerprint density at radius 2 is 1.57 bits per heavy atom. The lowest BCUT2D eigenvalue weighted by Gasteiger charge is -2.26. The smallest absolute Gasteiger partial charge is 0.0266 e. The fourth-order valence-electron chi connectivity index (χ4n) is 3.45. The van der Waals surface area contributed by atoms with Gasteiger partial charge in [-0.1, -0.05) is 69.8 Å². The number of rotatable bonds is 15. The molecule has 0 heteroatoms. The number of unbranched alkanes of at least 4 members (excludes halogenated alkanes) is 7. The Labute approximate surface area is 147 Å². The third kappa shape index (κ3) is 14.5. The van der Waals surface area contributed by atoms with Crippen LogP contribution in [0.25, 0.3) is 0 Å². The molecule has 0 aliphatic rings. The second kappa shape index (κ2) is 13.6. The molecule has 0 aromatic carbocycles. The maximum Gasteiger partial charge on any atom is -0.0266 e. The van der Waals surface area contributed by atoms with Crippen LogP contribution in [-0.4, -0.2) is 0 Å². The summed E-state index contributed by atoms with van der Waals surface area (Å²) >= 11 is 0. The second-order valence-corrected chi connectivity index (χ2v) is 8.07. The van der Waals surface area contributed by atoms with Crippen molar-refractivity contribution in [3.63, 3.8) is 0 Å². The van der Waals surface area contributed by atoms with Gasteiger partial charge in [-0.2, -0.15) is 0 Å². The molecule has 0 nitrogen and oxygen atoms in total. The molecule has 0 unspecified atom stereocenters. The first-order valence-electron chi connectivity index (χ1n) is 9.84. The summed E-state index contributed by atoms with van der Waals surface area (Å²) in [5.41, 5.74) is 3.35. The van der Waals surface area contributed by atoms with E-state index < -0.39 is 0 Å². The van der Waals surface area contributed by atoms with Crippen LogP contribution in [0.1, 0.15) is 105 Å². The summed E-state index contributed by atoms with van der Waals surface area (Å²) < 4.78 is 0. The van der Waals surface area contributed by atoms with Gasteiger partial charge in [-0.25, -0.2) is 0 Å². The van der Waals surface area contributed by atoms with E-state index >= 15 is 0 Å². The molecule has 0 heterocycles. The SMILES string of the molecule is C=CCCCCCCC(=CCCCCC)CC(C)(C)CC(=C)C. The van der Waals surface area contributed by atoms with Crippen LogP contribution < -0.4 is 0 Å². The Kier molecular flexibility index (Phi) is 13.2. The van der Waals surface area contributed by atoms with E-state index in [9.17, 15) is 0 Å². The fraction of sp³-hybridized carbons (Fsp3) is 0.739. The molecule has 0 saturated heterocycles. The van der Waals surface area contributed by atoms with E-state index in [-0.39, 0.29) is 0 Å². The van der Waals surface area contributed by atoms with Gasteiger partial charge in [0.25, 0.3) is 0 Å². The second-order valence-electron chi connectivity index (χ2n) is 8.07. The molecule has 0 aliphatic carbocycles. The van der Waals surface area contributed by atoms with E-state index in [4.69, 9.17) is 0 Å². The largest absolute Gasteiger partial charge is 0.103 e. The van der Waals surface area contributed by atoms with Gasteiger partial charge in [0.1, 0.15) is 0 Å². The van der Waals surface area contributed by atoms with Crippen molar-refractivity contribution in [3.8, 4) is 0 Å². The average molecular weight is 319 g/mol. The van der Waals surface area contributed by atoms with Gasteiger partial charge in [-0.15, -0.1) is 13.2 Å². The molecule has 0 atom stereocenters. The maximum atomic E-state index is 4.11. The minimum atomic E-state index is 0.352. The Balaban J connectivity index is 4.38. The Hall–Kier alpha value is -0.780. The van der Waals surface area contributed by atoms with Crippen molar-refractivity contribution < 1.29 is 0 Å². The highest BCUT2D eigenvalue weighted by atomic mass is 14.2. The molecule has 0 rings (SSSR count). The van der Waals surface area contributed by atoms with Crippen molar-refractivity contribution in [1.82, 2.24) is 0 Å². The van der Waals surface area contributed by atoms with Gasteiger partial charge in [0.15, 0.2) is 0 Å². The maximum absolute atomic E-state index is 4.11. The van der Waals surface area contributed by atoms with Crippen LogP contribution in [-0.2, 0) is 0 Å². The van der Waals surface area contributed by atoms with E-state index in [0.29, 0.717) is 5.41 Å². The lowest BCUT2D eigenvalue weighted by Crippen LogP contribution is -2.13. The van der Waals surface area contributed by atoms with Crippen LogP contribution in [0.2, 0.25) is 0 Å². The summed E-state index contributed by atoms with van der Waals surface area (Å²) in [5.74, 6) is 0. The van der Waals surface area contributed by atoms with Crippen molar-refractivity contribution in [2.75, 3.05) is 0 Å². The molecule has 0 aromatic rings. The summed E-state index contributed by atoms with van der Waals surface area (Å²) in [7, 11) is 0. The van der Waals surface area contributed by atoms with Gasteiger partial charge >= 0.3 is 0 Å². The molecule has 0 saturated carbocycles. The number of allylic oxidation sites excluding steroid dienone is 4. The van der Waals surface area contributed by atoms with Gasteiger partial charge in [-0.05, 0) is 63.7 Å². The monoisotopic (exact) mass is 318 g/mol. The van der Waals surface area contributed by atoms with Crippen molar-refractivity contribution >= 4 is 0 Å². The normalized spacial score (nSPS) is 12.4. The summed E-state index contributed by atoms with van der Waals surface area (Å²) in [5, 5.41) is 0. The van der Waals surface area contributed by atoms with Crippen LogP contribution in [0, 0.1) is 5.41 Å². The lowest BCUT2D eigenvalue weighted by molar-refractivity contribution is 0.353. The third-order valence-electron chi connectivity index (χ3n) is 4.38. The van der Waals surface area contributed by atoms with E-state index in [1.807, 2.05) is 6.08 Å². The minimum Gasteiger partial charge on any atom is -0.103 e. The third-order valence-corrected chi connectivity index (χ3v) is 4.38. The zero-order valence-corrected chi connectivity index (χ0v) is 16.6. The summed E-state index contributed by atoms with van der Waals surface area (Å²) in [6, 6.07) is 0. The van der Waals surface area contributed by atoms with E-state index in [1.54, 1.807) is 5.57 Å². The molecule has 0 radical (unpaired) electrons. The predicted molar refractivity (Wildman–Crippen MR) is 108 cm³/mol. The topological polar surface area (TPSA) is 0 Å². The highest BCUT2D eigenvalue weighted by Gasteiger charge is 2.19. The first-order valence-corrected chi connectivity index (χ1v) is 9.84. The van der Waals surface area contributed by atoms with Gasteiger partial charge in [0.2, 0.25) is 0 Å². The van der Waals surface area contributed by atoms with Crippen LogP contribution in [0.5, 0.6) is 0 Å². The predicted octanol–water partition coefficient (Wildman–Crippen LogP) is 8.40. The van der Waals surface area contributed by atoms with Gasteiger partial charge in [0, 0.05) is 0 Å². The quantitative estimate of drug-likeness (QED) is 0.210. The van der Waals surface area contributed by atoms with Crippen LogP contribution in [0.3, 0.4) is 0 Å². The molecule has 0 spiro atoms. The highest BCUT2D eigenvalue weighted by molar-refractivity contribution is 5.07. The molecule has 0 amide bonds. The van der Waals surface area contributed by atoms with Gasteiger partial charge < -0.3 is 0 Å². The minimum absolute atomic E-state index is 0.352. The molecule has 0 aromatic heterocycles. The molecule has 134 valence electrons. The van der Waals surface area contributed by atoms with Crippen LogP contribution in [0.4, 0.5) is 0 Å². The van der Waals surface area contributed by atoms with Crippen molar-refractivity contribution in [2.45, 2.75) is 105 Å². The molecular weight excluding hydrogens is 276 g/mol. The molecule has 0 bridgehead atoms. The summed E-state index contributed by atoms with van der Waals surface area (Å²) in [4.78, 5) is 0. The average Bonchev–Trinajstić information content (AvgIpc) is 2.45. The Bertz CT molecular complexity index is 343. The summed E-state index contributed by atoms with van der Waals surface area (Å²) in [6.07, 6.45) is 20.1. The first kappa shape index (κ1) is 22.2. The van der Waals surface area contributed by atoms with Crippen molar-refractivity contribution in [1.29, 1.82) is 0 Å². The molecular formula is C23H42. The van der Waals surface area contributed by atoms with Crippen molar-refractivity contribution in [3.05, 3.63) is 36.5 Å². The first-order chi connectivity index (χ1) is 10.9. The van der Waals surface area contributed by atoms with Crippen molar-refractivity contribution in [2.24, 2.45) is 5.41 Å². The zero-order valence-electron chi connectivity index (χ0n) is 16.6. The molecule has 0 aliphatic heterocycles. The van der Waals surface area contributed by atoms with Gasteiger partial charge in [0.05, 0.1) is 0 Å². The van der Waals surface area contributed by atoms with E-state index in [0.717, 1.165) is 6.42 Å². The van der Waals surface area contributed by atoms with Crippen LogP contribution >= 0.6 is 0 Å². The van der Waals surface area contributed by atoms with E-state index in [2.05, 4.69) is 46.9 Å². The Morgan fingerprint density at radius 1 is 0.913 bits per heavy atom. The zero-order chi connectivity index (χ0) is 17.6. The lowest BCUT2D eigenvalue weighted by atomic mass is 9.79.